The summed E-state index contributed by atoms with van der Waals surface area (Å²) in [7, 11) is 0. The standard InChI is InChI=1S/C11H11BrN4O3/c12-5-3-6(9(13)14-4-5)10(18)15-7-1-2-8(17)16-11(7)19/h3-4,7H,1-2H2,(H2,13,14)(H,15,18)(H,16,17,19). The fourth-order valence-corrected chi connectivity index (χ4v) is 2.03. The smallest absolute Gasteiger partial charge is 0.255 e. The Bertz CT molecular complexity index is 561. The first-order valence-corrected chi connectivity index (χ1v) is 6.32. The number of amides is 3. The minimum atomic E-state index is -0.733. The van der Waals surface area contributed by atoms with Gasteiger partial charge in [-0.25, -0.2) is 4.98 Å². The molecule has 1 aliphatic rings. The molecule has 19 heavy (non-hydrogen) atoms. The molecule has 0 aromatic carbocycles. The molecule has 2 rings (SSSR count). The summed E-state index contributed by atoms with van der Waals surface area (Å²) >= 11 is 3.19. The van der Waals surface area contributed by atoms with Crippen LogP contribution >= 0.6 is 15.9 Å². The summed E-state index contributed by atoms with van der Waals surface area (Å²) in [5.74, 6) is -1.26. The minimum Gasteiger partial charge on any atom is -0.383 e. The van der Waals surface area contributed by atoms with Gasteiger partial charge in [0.05, 0.1) is 5.56 Å². The molecule has 7 nitrogen and oxygen atoms in total. The van der Waals surface area contributed by atoms with Gasteiger partial charge in [0.15, 0.2) is 0 Å². The second-order valence-electron chi connectivity index (χ2n) is 4.06. The van der Waals surface area contributed by atoms with Crippen molar-refractivity contribution in [1.29, 1.82) is 0 Å². The second kappa shape index (κ2) is 5.35. The number of pyridine rings is 1. The predicted molar refractivity (Wildman–Crippen MR) is 70.0 cm³/mol. The molecule has 2 heterocycles. The Labute approximate surface area is 117 Å². The van der Waals surface area contributed by atoms with Crippen molar-refractivity contribution < 1.29 is 14.4 Å². The first-order valence-electron chi connectivity index (χ1n) is 5.53. The van der Waals surface area contributed by atoms with Crippen LogP contribution in [0.5, 0.6) is 0 Å². The molecule has 1 fully saturated rings. The molecular weight excluding hydrogens is 316 g/mol. The zero-order chi connectivity index (χ0) is 14.0. The third-order valence-electron chi connectivity index (χ3n) is 2.67. The second-order valence-corrected chi connectivity index (χ2v) is 4.98. The van der Waals surface area contributed by atoms with E-state index in [1.165, 1.54) is 12.3 Å². The fraction of sp³-hybridized carbons (Fsp3) is 0.273. The van der Waals surface area contributed by atoms with E-state index in [2.05, 4.69) is 31.5 Å². The predicted octanol–water partition coefficient (Wildman–Crippen LogP) is -0.0387. The first kappa shape index (κ1) is 13.5. The number of halogens is 1. The van der Waals surface area contributed by atoms with Gasteiger partial charge in [0, 0.05) is 17.1 Å². The quantitative estimate of drug-likeness (QED) is 0.660. The zero-order valence-electron chi connectivity index (χ0n) is 9.77. The van der Waals surface area contributed by atoms with Crippen LogP contribution in [0.25, 0.3) is 0 Å². The largest absolute Gasteiger partial charge is 0.383 e. The summed E-state index contributed by atoms with van der Waals surface area (Å²) in [6, 6.07) is 0.785. The van der Waals surface area contributed by atoms with Gasteiger partial charge in [-0.1, -0.05) is 0 Å². The molecule has 100 valence electrons. The van der Waals surface area contributed by atoms with E-state index in [0.29, 0.717) is 4.47 Å². The topological polar surface area (TPSA) is 114 Å². The highest BCUT2D eigenvalue weighted by molar-refractivity contribution is 9.10. The summed E-state index contributed by atoms with van der Waals surface area (Å²) in [4.78, 5) is 38.3. The van der Waals surface area contributed by atoms with Crippen LogP contribution in [0.3, 0.4) is 0 Å². The lowest BCUT2D eigenvalue weighted by atomic mass is 10.1. The number of carbonyl (C=O) groups excluding carboxylic acids is 3. The highest BCUT2D eigenvalue weighted by Gasteiger charge is 2.28. The van der Waals surface area contributed by atoms with Crippen molar-refractivity contribution in [3.8, 4) is 0 Å². The van der Waals surface area contributed by atoms with Gasteiger partial charge in [-0.3, -0.25) is 19.7 Å². The summed E-state index contributed by atoms with van der Waals surface area (Å²) in [5, 5.41) is 4.69. The third kappa shape index (κ3) is 3.08. The number of nitrogens with one attached hydrogen (secondary N) is 2. The Morgan fingerprint density at radius 1 is 1.53 bits per heavy atom. The molecule has 1 unspecified atom stereocenters. The highest BCUT2D eigenvalue weighted by atomic mass is 79.9. The maximum Gasteiger partial charge on any atom is 0.255 e. The number of nitrogen functional groups attached to an aromatic ring is 1. The summed E-state index contributed by atoms with van der Waals surface area (Å²) in [6.45, 7) is 0. The minimum absolute atomic E-state index is 0.0768. The molecule has 1 aliphatic heterocycles. The van der Waals surface area contributed by atoms with Gasteiger partial charge in [0.25, 0.3) is 5.91 Å². The van der Waals surface area contributed by atoms with Gasteiger partial charge in [-0.2, -0.15) is 0 Å². The molecule has 1 aromatic heterocycles. The van der Waals surface area contributed by atoms with Crippen LogP contribution in [0.4, 0.5) is 5.82 Å². The number of hydrogen-bond acceptors (Lipinski definition) is 5. The maximum absolute atomic E-state index is 12.0. The summed E-state index contributed by atoms with van der Waals surface area (Å²) in [6.07, 6.45) is 1.94. The molecule has 3 amide bonds. The normalized spacial score (nSPS) is 18.9. The molecule has 1 saturated heterocycles. The lowest BCUT2D eigenvalue weighted by Crippen LogP contribution is -2.52. The van der Waals surface area contributed by atoms with E-state index in [0.717, 1.165) is 0 Å². The molecule has 0 radical (unpaired) electrons. The Hall–Kier alpha value is -1.96. The number of carbonyl (C=O) groups is 3. The number of imide groups is 1. The van der Waals surface area contributed by atoms with Crippen LogP contribution in [0.2, 0.25) is 0 Å². The van der Waals surface area contributed by atoms with Crippen molar-refractivity contribution in [2.24, 2.45) is 0 Å². The van der Waals surface area contributed by atoms with E-state index in [1.807, 2.05) is 0 Å². The lowest BCUT2D eigenvalue weighted by Gasteiger charge is -2.21. The van der Waals surface area contributed by atoms with E-state index in [-0.39, 0.29) is 30.1 Å². The average molecular weight is 327 g/mol. The molecule has 4 N–H and O–H groups in total. The van der Waals surface area contributed by atoms with Crippen molar-refractivity contribution in [3.63, 3.8) is 0 Å². The van der Waals surface area contributed by atoms with Gasteiger partial charge in [0.2, 0.25) is 11.8 Å². The van der Waals surface area contributed by atoms with Gasteiger partial charge >= 0.3 is 0 Å². The number of nitrogens with two attached hydrogens (primary N) is 1. The van der Waals surface area contributed by atoms with E-state index in [9.17, 15) is 14.4 Å². The fourth-order valence-electron chi connectivity index (χ4n) is 1.70. The van der Waals surface area contributed by atoms with E-state index < -0.39 is 17.9 Å². The van der Waals surface area contributed by atoms with E-state index in [4.69, 9.17) is 5.73 Å². The van der Waals surface area contributed by atoms with Gasteiger partial charge < -0.3 is 11.1 Å². The van der Waals surface area contributed by atoms with Crippen LogP contribution in [0, 0.1) is 0 Å². The van der Waals surface area contributed by atoms with Gasteiger partial charge in [0.1, 0.15) is 11.9 Å². The van der Waals surface area contributed by atoms with Crippen LogP contribution in [0.1, 0.15) is 23.2 Å². The number of anilines is 1. The Morgan fingerprint density at radius 2 is 2.26 bits per heavy atom. The Kier molecular flexibility index (Phi) is 3.79. The molecule has 1 aromatic rings. The van der Waals surface area contributed by atoms with Crippen LogP contribution in [-0.4, -0.2) is 28.7 Å². The van der Waals surface area contributed by atoms with Crippen molar-refractivity contribution >= 4 is 39.5 Å². The molecule has 0 bridgehead atoms. The third-order valence-corrected chi connectivity index (χ3v) is 3.11. The maximum atomic E-state index is 12.0. The molecule has 0 spiro atoms. The summed E-state index contributed by atoms with van der Waals surface area (Å²) < 4.78 is 0.607. The SMILES string of the molecule is Nc1ncc(Br)cc1C(=O)NC1CCC(=O)NC1=O. The highest BCUT2D eigenvalue weighted by Crippen LogP contribution is 2.16. The summed E-state index contributed by atoms with van der Waals surface area (Å²) in [5.41, 5.74) is 5.78. The number of piperidine rings is 1. The molecule has 8 heteroatoms. The number of rotatable bonds is 2. The van der Waals surface area contributed by atoms with Gasteiger partial charge in [-0.15, -0.1) is 0 Å². The van der Waals surface area contributed by atoms with Crippen LogP contribution in [-0.2, 0) is 9.59 Å². The van der Waals surface area contributed by atoms with Crippen LogP contribution in [0.15, 0.2) is 16.7 Å². The number of nitrogens with zero attached hydrogens (tertiary/aromatic N) is 1. The van der Waals surface area contributed by atoms with Crippen molar-refractivity contribution in [1.82, 2.24) is 15.6 Å². The van der Waals surface area contributed by atoms with E-state index >= 15 is 0 Å². The van der Waals surface area contributed by atoms with Crippen LogP contribution < -0.4 is 16.4 Å². The lowest BCUT2D eigenvalue weighted by molar-refractivity contribution is -0.134. The molecule has 0 aliphatic carbocycles. The van der Waals surface area contributed by atoms with Crippen molar-refractivity contribution in [3.05, 3.63) is 22.3 Å². The first-order chi connectivity index (χ1) is 8.97. The molecule has 1 atom stereocenters. The Morgan fingerprint density at radius 3 is 2.95 bits per heavy atom. The van der Waals surface area contributed by atoms with Gasteiger partial charge in [-0.05, 0) is 28.4 Å². The molecular formula is C11H11BrN4O3. The number of hydrogen-bond donors (Lipinski definition) is 3. The monoisotopic (exact) mass is 326 g/mol. The van der Waals surface area contributed by atoms with Crippen molar-refractivity contribution in [2.45, 2.75) is 18.9 Å². The Balaban J connectivity index is 2.11. The van der Waals surface area contributed by atoms with Crippen molar-refractivity contribution in [2.75, 3.05) is 5.73 Å². The number of aromatic nitrogens is 1. The van der Waals surface area contributed by atoms with E-state index in [1.54, 1.807) is 0 Å². The molecule has 0 saturated carbocycles. The zero-order valence-corrected chi connectivity index (χ0v) is 11.4. The average Bonchev–Trinajstić information content (AvgIpc) is 2.35.